The second-order valence-electron chi connectivity index (χ2n) is 4.78. The van der Waals surface area contributed by atoms with Crippen molar-refractivity contribution in [3.8, 4) is 5.69 Å². The fraction of sp³-hybridized carbons (Fsp3) is 0.312. The van der Waals surface area contributed by atoms with Gasteiger partial charge in [0.05, 0.1) is 11.9 Å². The first-order chi connectivity index (χ1) is 8.61. The Hall–Kier alpha value is -1.83. The number of aryl methyl sites for hydroxylation is 1. The highest BCUT2D eigenvalue weighted by Gasteiger charge is 2.06. The fourth-order valence-corrected chi connectivity index (χ4v) is 1.88. The number of hydrogen-bond donors (Lipinski definition) is 0. The quantitative estimate of drug-likeness (QED) is 0.782. The number of aromatic nitrogens is 2. The molecule has 1 heterocycles. The third-order valence-electron chi connectivity index (χ3n) is 3.29. The van der Waals surface area contributed by atoms with Crippen molar-refractivity contribution in [2.45, 2.75) is 34.1 Å². The second-order valence-corrected chi connectivity index (χ2v) is 4.78. The van der Waals surface area contributed by atoms with Gasteiger partial charge in [-0.15, -0.1) is 0 Å². The van der Waals surface area contributed by atoms with Gasteiger partial charge < -0.3 is 0 Å². The van der Waals surface area contributed by atoms with Gasteiger partial charge in [0.1, 0.15) is 0 Å². The van der Waals surface area contributed by atoms with E-state index in [9.17, 15) is 0 Å². The lowest BCUT2D eigenvalue weighted by Crippen LogP contribution is -1.98. The molecule has 0 bridgehead atoms. The summed E-state index contributed by atoms with van der Waals surface area (Å²) in [5.41, 5.74) is 6.15. The first kappa shape index (κ1) is 12.6. The van der Waals surface area contributed by atoms with Gasteiger partial charge in [-0.2, -0.15) is 5.10 Å². The molecule has 0 aliphatic heterocycles. The molecule has 1 aromatic carbocycles. The minimum Gasteiger partial charge on any atom is -0.237 e. The van der Waals surface area contributed by atoms with Gasteiger partial charge >= 0.3 is 0 Å². The molecular formula is C16H20N2. The van der Waals surface area contributed by atoms with Crippen molar-refractivity contribution in [1.29, 1.82) is 0 Å². The molecule has 0 unspecified atom stereocenters. The van der Waals surface area contributed by atoms with Crippen molar-refractivity contribution in [3.05, 3.63) is 52.9 Å². The van der Waals surface area contributed by atoms with E-state index in [-0.39, 0.29) is 0 Å². The summed E-state index contributed by atoms with van der Waals surface area (Å²) in [6.45, 7) is 8.54. The molecule has 0 radical (unpaired) electrons. The molecular weight excluding hydrogens is 220 g/mol. The van der Waals surface area contributed by atoms with Gasteiger partial charge in [-0.05, 0) is 39.3 Å². The topological polar surface area (TPSA) is 17.8 Å². The zero-order chi connectivity index (χ0) is 13.1. The zero-order valence-corrected chi connectivity index (χ0v) is 11.6. The van der Waals surface area contributed by atoms with E-state index in [4.69, 9.17) is 0 Å². The van der Waals surface area contributed by atoms with E-state index in [0.717, 1.165) is 12.1 Å². The molecule has 2 heteroatoms. The fourth-order valence-electron chi connectivity index (χ4n) is 1.88. The largest absolute Gasteiger partial charge is 0.237 e. The predicted octanol–water partition coefficient (Wildman–Crippen LogP) is 4.30. The Balaban J connectivity index is 2.39. The molecule has 0 aliphatic rings. The Morgan fingerprint density at radius 3 is 2.50 bits per heavy atom. The van der Waals surface area contributed by atoms with Crippen molar-refractivity contribution >= 4 is 6.08 Å². The van der Waals surface area contributed by atoms with Crippen LogP contribution >= 0.6 is 0 Å². The SMILES string of the molecule is CC/C(C)=C/c1cnn(-c2ccc(C)cc2)c1C. The summed E-state index contributed by atoms with van der Waals surface area (Å²) in [4.78, 5) is 0. The van der Waals surface area contributed by atoms with Crippen LogP contribution in [0.5, 0.6) is 0 Å². The summed E-state index contributed by atoms with van der Waals surface area (Å²) < 4.78 is 1.99. The normalized spacial score (nSPS) is 11.9. The number of benzene rings is 1. The predicted molar refractivity (Wildman–Crippen MR) is 77.0 cm³/mol. The van der Waals surface area contributed by atoms with Gasteiger partial charge in [0.15, 0.2) is 0 Å². The van der Waals surface area contributed by atoms with Gasteiger partial charge in [0.2, 0.25) is 0 Å². The van der Waals surface area contributed by atoms with E-state index in [2.05, 4.69) is 63.1 Å². The van der Waals surface area contributed by atoms with Crippen molar-refractivity contribution in [2.24, 2.45) is 0 Å². The summed E-state index contributed by atoms with van der Waals surface area (Å²) in [6.07, 6.45) is 5.23. The Morgan fingerprint density at radius 2 is 1.89 bits per heavy atom. The molecule has 0 saturated heterocycles. The third kappa shape index (κ3) is 2.53. The van der Waals surface area contributed by atoms with Crippen LogP contribution in [0.15, 0.2) is 36.0 Å². The van der Waals surface area contributed by atoms with Crippen LogP contribution in [0.3, 0.4) is 0 Å². The van der Waals surface area contributed by atoms with Gasteiger partial charge in [0.25, 0.3) is 0 Å². The number of hydrogen-bond acceptors (Lipinski definition) is 1. The lowest BCUT2D eigenvalue weighted by atomic mass is 10.1. The monoisotopic (exact) mass is 240 g/mol. The highest BCUT2D eigenvalue weighted by atomic mass is 15.3. The molecule has 0 fully saturated rings. The molecule has 0 atom stereocenters. The third-order valence-corrected chi connectivity index (χ3v) is 3.29. The summed E-state index contributed by atoms with van der Waals surface area (Å²) >= 11 is 0. The van der Waals surface area contributed by atoms with Crippen molar-refractivity contribution < 1.29 is 0 Å². The van der Waals surface area contributed by atoms with E-state index in [1.807, 2.05) is 10.9 Å². The minimum absolute atomic E-state index is 1.08. The number of nitrogens with zero attached hydrogens (tertiary/aromatic N) is 2. The molecule has 0 aliphatic carbocycles. The first-order valence-corrected chi connectivity index (χ1v) is 6.40. The van der Waals surface area contributed by atoms with Crippen LogP contribution in [0.1, 0.15) is 37.1 Å². The summed E-state index contributed by atoms with van der Waals surface area (Å²) in [6, 6.07) is 8.44. The maximum absolute atomic E-state index is 4.48. The maximum atomic E-state index is 4.48. The van der Waals surface area contributed by atoms with E-state index < -0.39 is 0 Å². The number of rotatable bonds is 3. The summed E-state index contributed by atoms with van der Waals surface area (Å²) in [5, 5.41) is 4.48. The highest BCUT2D eigenvalue weighted by Crippen LogP contribution is 2.17. The molecule has 0 amide bonds. The standard InChI is InChI=1S/C16H20N2/c1-5-12(2)10-15-11-17-18(14(15)4)16-8-6-13(3)7-9-16/h6-11H,5H2,1-4H3/b12-10+. The van der Waals surface area contributed by atoms with Crippen LogP contribution in [0.4, 0.5) is 0 Å². The molecule has 1 aromatic heterocycles. The summed E-state index contributed by atoms with van der Waals surface area (Å²) in [5.74, 6) is 0. The van der Waals surface area contributed by atoms with Crippen LogP contribution < -0.4 is 0 Å². The molecule has 2 aromatic rings. The molecule has 18 heavy (non-hydrogen) atoms. The van der Waals surface area contributed by atoms with Crippen LogP contribution in [0.25, 0.3) is 11.8 Å². The van der Waals surface area contributed by atoms with Crippen molar-refractivity contribution in [2.75, 3.05) is 0 Å². The van der Waals surface area contributed by atoms with Gasteiger partial charge in [-0.25, -0.2) is 4.68 Å². The van der Waals surface area contributed by atoms with Crippen LogP contribution in [-0.4, -0.2) is 9.78 Å². The van der Waals surface area contributed by atoms with Crippen LogP contribution in [0.2, 0.25) is 0 Å². The first-order valence-electron chi connectivity index (χ1n) is 6.40. The average molecular weight is 240 g/mol. The highest BCUT2D eigenvalue weighted by molar-refractivity contribution is 5.55. The molecule has 0 spiro atoms. The molecule has 0 N–H and O–H groups in total. The van der Waals surface area contributed by atoms with Crippen molar-refractivity contribution in [3.63, 3.8) is 0 Å². The maximum Gasteiger partial charge on any atom is 0.0649 e. The van der Waals surface area contributed by atoms with Crippen LogP contribution in [0, 0.1) is 13.8 Å². The molecule has 2 rings (SSSR count). The van der Waals surface area contributed by atoms with E-state index in [0.29, 0.717) is 0 Å². The van der Waals surface area contributed by atoms with E-state index in [1.54, 1.807) is 0 Å². The van der Waals surface area contributed by atoms with Crippen molar-refractivity contribution in [1.82, 2.24) is 9.78 Å². The Kier molecular flexibility index (Phi) is 3.66. The smallest absolute Gasteiger partial charge is 0.0649 e. The lowest BCUT2D eigenvalue weighted by molar-refractivity contribution is 0.846. The summed E-state index contributed by atoms with van der Waals surface area (Å²) in [7, 11) is 0. The Labute approximate surface area is 109 Å². The molecule has 2 nitrogen and oxygen atoms in total. The minimum atomic E-state index is 1.08. The zero-order valence-electron chi connectivity index (χ0n) is 11.6. The lowest BCUT2D eigenvalue weighted by Gasteiger charge is -2.05. The van der Waals surface area contributed by atoms with E-state index in [1.165, 1.54) is 22.4 Å². The van der Waals surface area contributed by atoms with Gasteiger partial charge in [0, 0.05) is 11.3 Å². The van der Waals surface area contributed by atoms with Crippen LogP contribution in [-0.2, 0) is 0 Å². The average Bonchev–Trinajstić information content (AvgIpc) is 2.72. The molecule has 0 saturated carbocycles. The Bertz CT molecular complexity index is 559. The van der Waals surface area contributed by atoms with E-state index >= 15 is 0 Å². The molecule has 94 valence electrons. The number of allylic oxidation sites excluding steroid dienone is 1. The van der Waals surface area contributed by atoms with Gasteiger partial charge in [-0.1, -0.05) is 36.3 Å². The Morgan fingerprint density at radius 1 is 1.22 bits per heavy atom. The van der Waals surface area contributed by atoms with Gasteiger partial charge in [-0.3, -0.25) is 0 Å². The second kappa shape index (κ2) is 5.21.